The zero-order chi connectivity index (χ0) is 15.5. The highest BCUT2D eigenvalue weighted by Crippen LogP contribution is 2.26. The van der Waals surface area contributed by atoms with Gasteiger partial charge in [-0.1, -0.05) is 36.9 Å². The molecule has 0 unspecified atom stereocenters. The second-order valence-corrected chi connectivity index (χ2v) is 5.08. The number of nitrogens with zero attached hydrogens (tertiary/aromatic N) is 1. The fraction of sp³-hybridized carbons (Fsp3) is 0.0556. The van der Waals surface area contributed by atoms with Crippen molar-refractivity contribution < 1.29 is 6.22 Å². The Morgan fingerprint density at radius 1 is 1.14 bits per heavy atom. The van der Waals surface area contributed by atoms with E-state index in [9.17, 15) is 4.79 Å². The fourth-order valence-corrected chi connectivity index (χ4v) is 2.49. The average Bonchev–Trinajstić information content (AvgIpc) is 3.09. The van der Waals surface area contributed by atoms with E-state index in [4.69, 9.17) is 5.73 Å². The number of carbonyl (C=O) groups excluding carboxylic acids is 1. The molecule has 0 radical (unpaired) electrons. The van der Waals surface area contributed by atoms with E-state index in [2.05, 4.69) is 16.8 Å². The molecule has 3 N–H and O–H groups in total. The van der Waals surface area contributed by atoms with Crippen molar-refractivity contribution in [1.29, 1.82) is 0 Å². The first-order chi connectivity index (χ1) is 10.7. The van der Waals surface area contributed by atoms with Gasteiger partial charge in [-0.3, -0.25) is 4.79 Å². The Hall–Kier alpha value is -3.01. The van der Waals surface area contributed by atoms with E-state index in [1.807, 2.05) is 48.8 Å². The van der Waals surface area contributed by atoms with Crippen molar-refractivity contribution in [1.82, 2.24) is 5.32 Å². The molecule has 0 aliphatic carbocycles. The predicted molar refractivity (Wildman–Crippen MR) is 91.3 cm³/mol. The van der Waals surface area contributed by atoms with Crippen LogP contribution in [-0.2, 0) is 0 Å². The summed E-state index contributed by atoms with van der Waals surface area (Å²) in [5.74, 6) is -0.443. The molecule has 0 saturated heterocycles. The topological polar surface area (TPSA) is 58.4 Å². The van der Waals surface area contributed by atoms with Crippen molar-refractivity contribution in [2.24, 2.45) is 5.73 Å². The number of nitrogens with two attached hydrogens (primary N) is 1. The summed E-state index contributed by atoms with van der Waals surface area (Å²) in [6.07, 6.45) is 3.90. The number of nitrogens with one attached hydrogen (secondary N) is 1. The van der Waals surface area contributed by atoms with Crippen molar-refractivity contribution in [2.75, 3.05) is 11.6 Å². The monoisotopic (exact) mass is 293 g/mol. The first-order valence-corrected chi connectivity index (χ1v) is 7.02. The van der Waals surface area contributed by atoms with Gasteiger partial charge in [0.15, 0.2) is 0 Å². The van der Waals surface area contributed by atoms with Gasteiger partial charge in [0.05, 0.1) is 6.67 Å². The SMILES string of the molecule is C=C(c1ccc(N2C=CNC2)cc1)c1ccccc1C(N)=O.[HH]. The molecule has 22 heavy (non-hydrogen) atoms. The highest BCUT2D eigenvalue weighted by molar-refractivity contribution is 5.99. The summed E-state index contributed by atoms with van der Waals surface area (Å²) in [7, 11) is 0. The molecule has 1 aliphatic heterocycles. The molecule has 1 amide bonds. The van der Waals surface area contributed by atoms with Crippen LogP contribution in [0.2, 0.25) is 0 Å². The summed E-state index contributed by atoms with van der Waals surface area (Å²) in [6.45, 7) is 4.89. The maximum Gasteiger partial charge on any atom is 0.249 e. The summed E-state index contributed by atoms with van der Waals surface area (Å²) in [5.41, 5.74) is 9.55. The van der Waals surface area contributed by atoms with E-state index >= 15 is 0 Å². The number of rotatable bonds is 4. The molecular weight excluding hydrogens is 274 g/mol. The van der Waals surface area contributed by atoms with Crippen molar-refractivity contribution >= 4 is 17.2 Å². The molecule has 4 nitrogen and oxygen atoms in total. The Morgan fingerprint density at radius 2 is 1.82 bits per heavy atom. The molecule has 0 saturated carbocycles. The third-order valence-electron chi connectivity index (χ3n) is 3.70. The maximum atomic E-state index is 11.5. The zero-order valence-corrected chi connectivity index (χ0v) is 12.1. The van der Waals surface area contributed by atoms with Crippen LogP contribution in [0.5, 0.6) is 0 Å². The van der Waals surface area contributed by atoms with Gasteiger partial charge in [0.25, 0.3) is 0 Å². The Balaban J connectivity index is 0.00000192. The minimum absolute atomic E-state index is 0. The van der Waals surface area contributed by atoms with Crippen LogP contribution < -0.4 is 16.0 Å². The second-order valence-electron chi connectivity index (χ2n) is 5.08. The van der Waals surface area contributed by atoms with E-state index in [0.717, 1.165) is 29.1 Å². The minimum atomic E-state index is -0.443. The standard InChI is InChI=1S/C18H17N3O.H2/c1-13(16-4-2-3-5-17(16)18(19)22)14-6-8-15(9-7-14)21-11-10-20-12-21;/h2-11,20H,1,12H2,(H2,19,22);1H. The number of primary amides is 1. The largest absolute Gasteiger partial charge is 0.372 e. The number of benzene rings is 2. The van der Waals surface area contributed by atoms with Crippen molar-refractivity contribution in [3.05, 3.63) is 84.2 Å². The van der Waals surface area contributed by atoms with Crippen LogP contribution >= 0.6 is 0 Å². The number of hydrogen-bond donors (Lipinski definition) is 2. The van der Waals surface area contributed by atoms with Gasteiger partial charge < -0.3 is 16.0 Å². The van der Waals surface area contributed by atoms with Crippen molar-refractivity contribution in [2.45, 2.75) is 0 Å². The van der Waals surface area contributed by atoms with Crippen LogP contribution in [0, 0.1) is 0 Å². The minimum Gasteiger partial charge on any atom is -0.372 e. The maximum absolute atomic E-state index is 11.5. The first kappa shape index (κ1) is 13.9. The van der Waals surface area contributed by atoms with E-state index in [1.165, 1.54) is 0 Å². The van der Waals surface area contributed by atoms with Crippen LogP contribution in [0.25, 0.3) is 5.57 Å². The van der Waals surface area contributed by atoms with Crippen molar-refractivity contribution in [3.63, 3.8) is 0 Å². The lowest BCUT2D eigenvalue weighted by Gasteiger charge is -2.16. The number of anilines is 1. The molecule has 2 aromatic rings. The molecule has 112 valence electrons. The summed E-state index contributed by atoms with van der Waals surface area (Å²) in [4.78, 5) is 13.6. The van der Waals surface area contributed by atoms with Crippen LogP contribution in [0.1, 0.15) is 22.9 Å². The zero-order valence-electron chi connectivity index (χ0n) is 12.1. The van der Waals surface area contributed by atoms with Crippen LogP contribution in [0.3, 0.4) is 0 Å². The predicted octanol–water partition coefficient (Wildman–Crippen LogP) is 2.93. The average molecular weight is 293 g/mol. The molecule has 0 atom stereocenters. The van der Waals surface area contributed by atoms with Gasteiger partial charge in [-0.2, -0.15) is 0 Å². The smallest absolute Gasteiger partial charge is 0.249 e. The summed E-state index contributed by atoms with van der Waals surface area (Å²) < 4.78 is 0. The van der Waals surface area contributed by atoms with Gasteiger partial charge in [-0.05, 0) is 34.9 Å². The number of carbonyl (C=O) groups is 1. The van der Waals surface area contributed by atoms with E-state index < -0.39 is 5.91 Å². The lowest BCUT2D eigenvalue weighted by molar-refractivity contribution is 0.1000. The molecule has 0 spiro atoms. The Labute approximate surface area is 131 Å². The highest BCUT2D eigenvalue weighted by atomic mass is 16.1. The third-order valence-corrected chi connectivity index (χ3v) is 3.70. The molecule has 1 aliphatic rings. The van der Waals surface area contributed by atoms with Gasteiger partial charge in [-0.15, -0.1) is 0 Å². The summed E-state index contributed by atoms with van der Waals surface area (Å²) in [6, 6.07) is 15.3. The molecule has 2 aromatic carbocycles. The van der Waals surface area contributed by atoms with Gasteiger partial charge >= 0.3 is 0 Å². The molecule has 4 heteroatoms. The first-order valence-electron chi connectivity index (χ1n) is 7.02. The van der Waals surface area contributed by atoms with E-state index in [0.29, 0.717) is 5.56 Å². The Bertz CT molecular complexity index is 753. The van der Waals surface area contributed by atoms with E-state index in [-0.39, 0.29) is 1.43 Å². The molecular formula is C18H19N3O. The fourth-order valence-electron chi connectivity index (χ4n) is 2.49. The molecule has 0 aromatic heterocycles. The third kappa shape index (κ3) is 2.59. The molecule has 1 heterocycles. The normalized spacial score (nSPS) is 13.0. The summed E-state index contributed by atoms with van der Waals surface area (Å²) >= 11 is 0. The lowest BCUT2D eigenvalue weighted by Crippen LogP contribution is -2.19. The van der Waals surface area contributed by atoms with Gasteiger partial charge in [-0.25, -0.2) is 0 Å². The van der Waals surface area contributed by atoms with E-state index in [1.54, 1.807) is 12.1 Å². The Morgan fingerprint density at radius 3 is 2.41 bits per heavy atom. The Kier molecular flexibility index (Phi) is 3.66. The molecule has 0 fully saturated rings. The van der Waals surface area contributed by atoms with Gasteiger partial charge in [0.1, 0.15) is 0 Å². The van der Waals surface area contributed by atoms with Crippen molar-refractivity contribution in [3.8, 4) is 0 Å². The molecule has 3 rings (SSSR count). The van der Waals surface area contributed by atoms with Gasteiger partial charge in [0, 0.05) is 25.1 Å². The summed E-state index contributed by atoms with van der Waals surface area (Å²) in [5, 5.41) is 3.13. The highest BCUT2D eigenvalue weighted by Gasteiger charge is 2.12. The second kappa shape index (κ2) is 5.77. The molecule has 0 bridgehead atoms. The van der Waals surface area contributed by atoms with Crippen LogP contribution in [0.4, 0.5) is 5.69 Å². The quantitative estimate of drug-likeness (QED) is 0.911. The van der Waals surface area contributed by atoms with Crippen LogP contribution in [0.15, 0.2) is 67.5 Å². The lowest BCUT2D eigenvalue weighted by atomic mass is 9.95. The van der Waals surface area contributed by atoms with Gasteiger partial charge in [0.2, 0.25) is 5.91 Å². The number of hydrogen-bond acceptors (Lipinski definition) is 3. The van der Waals surface area contributed by atoms with Crippen LogP contribution in [-0.4, -0.2) is 12.6 Å². The number of amides is 1.